The van der Waals surface area contributed by atoms with Crippen molar-refractivity contribution in [2.45, 2.75) is 26.3 Å². The molecule has 0 saturated carbocycles. The van der Waals surface area contributed by atoms with E-state index in [1.54, 1.807) is 19.9 Å². The van der Waals surface area contributed by atoms with Crippen molar-refractivity contribution >= 4 is 23.5 Å². The highest BCUT2D eigenvalue weighted by molar-refractivity contribution is 6.32. The van der Waals surface area contributed by atoms with Gasteiger partial charge in [0.25, 0.3) is 5.91 Å². The summed E-state index contributed by atoms with van der Waals surface area (Å²) in [6, 6.07) is 21.1. The molecule has 1 aromatic heterocycles. The molecule has 3 aromatic rings. The first-order chi connectivity index (χ1) is 14.4. The highest BCUT2D eigenvalue weighted by Gasteiger charge is 2.20. The normalized spacial score (nSPS) is 11.6. The van der Waals surface area contributed by atoms with Gasteiger partial charge in [0, 0.05) is 5.69 Å². The summed E-state index contributed by atoms with van der Waals surface area (Å²) < 4.78 is 5.20. The second kappa shape index (κ2) is 10.0. The van der Waals surface area contributed by atoms with Crippen molar-refractivity contribution in [2.24, 2.45) is 0 Å². The lowest BCUT2D eigenvalue weighted by molar-refractivity contribution is -0.125. The quantitative estimate of drug-likeness (QED) is 0.446. The van der Waals surface area contributed by atoms with Crippen molar-refractivity contribution in [3.05, 3.63) is 99.8 Å². The molecule has 1 amide bonds. The second-order valence-corrected chi connectivity index (χ2v) is 7.40. The SMILES string of the molecule is Cc1cc(C)c(C(=O)OCC(=O)N[C@H](Cc2ccccc2)c2ccccc2)c(Cl)n1. The van der Waals surface area contributed by atoms with E-state index in [0.29, 0.717) is 17.7 Å². The molecular weight excluding hydrogens is 400 g/mol. The molecule has 0 bridgehead atoms. The van der Waals surface area contributed by atoms with Crippen molar-refractivity contribution in [3.8, 4) is 0 Å². The first-order valence-electron chi connectivity index (χ1n) is 9.63. The minimum Gasteiger partial charge on any atom is -0.452 e. The molecule has 1 atom stereocenters. The van der Waals surface area contributed by atoms with Gasteiger partial charge in [-0.3, -0.25) is 4.79 Å². The molecule has 1 N–H and O–H groups in total. The van der Waals surface area contributed by atoms with Crippen molar-refractivity contribution in [2.75, 3.05) is 6.61 Å². The third-order valence-corrected chi connectivity index (χ3v) is 4.93. The van der Waals surface area contributed by atoms with Crippen LogP contribution in [0.5, 0.6) is 0 Å². The molecule has 0 radical (unpaired) electrons. The van der Waals surface area contributed by atoms with E-state index in [-0.39, 0.29) is 22.7 Å². The van der Waals surface area contributed by atoms with Crippen LogP contribution in [0, 0.1) is 13.8 Å². The van der Waals surface area contributed by atoms with Gasteiger partial charge in [-0.1, -0.05) is 72.3 Å². The Morgan fingerprint density at radius 2 is 1.67 bits per heavy atom. The summed E-state index contributed by atoms with van der Waals surface area (Å²) >= 11 is 6.09. The highest BCUT2D eigenvalue weighted by Crippen LogP contribution is 2.20. The Balaban J connectivity index is 1.67. The van der Waals surface area contributed by atoms with Crippen LogP contribution in [0.2, 0.25) is 5.15 Å². The van der Waals surface area contributed by atoms with Crippen LogP contribution < -0.4 is 5.32 Å². The van der Waals surface area contributed by atoms with Gasteiger partial charge in [0.15, 0.2) is 6.61 Å². The Bertz CT molecular complexity index is 1000. The van der Waals surface area contributed by atoms with Gasteiger partial charge in [-0.05, 0) is 43.0 Å². The smallest absolute Gasteiger partial charge is 0.342 e. The predicted molar refractivity (Wildman–Crippen MR) is 116 cm³/mol. The fourth-order valence-electron chi connectivity index (χ4n) is 3.26. The topological polar surface area (TPSA) is 68.3 Å². The Morgan fingerprint density at radius 3 is 2.30 bits per heavy atom. The summed E-state index contributed by atoms with van der Waals surface area (Å²) in [4.78, 5) is 29.0. The Morgan fingerprint density at radius 1 is 1.03 bits per heavy atom. The molecule has 154 valence electrons. The number of ether oxygens (including phenoxy) is 1. The van der Waals surface area contributed by atoms with Gasteiger partial charge in [0.2, 0.25) is 0 Å². The molecule has 0 aliphatic heterocycles. The Hall–Kier alpha value is -3.18. The number of esters is 1. The summed E-state index contributed by atoms with van der Waals surface area (Å²) in [6.45, 7) is 3.14. The summed E-state index contributed by atoms with van der Waals surface area (Å²) in [6.07, 6.45) is 0.622. The molecule has 0 spiro atoms. The van der Waals surface area contributed by atoms with E-state index in [0.717, 1.165) is 11.1 Å². The third-order valence-electron chi connectivity index (χ3n) is 4.66. The number of rotatable bonds is 7. The standard InChI is InChI=1S/C24H23ClN2O3/c1-16-13-17(2)26-23(25)22(16)24(29)30-15-21(28)27-20(19-11-7-4-8-12-19)14-18-9-5-3-6-10-18/h3-13,20H,14-15H2,1-2H3,(H,27,28)/t20-/m1/s1. The highest BCUT2D eigenvalue weighted by atomic mass is 35.5. The zero-order valence-corrected chi connectivity index (χ0v) is 17.6. The lowest BCUT2D eigenvalue weighted by Gasteiger charge is -2.19. The molecule has 30 heavy (non-hydrogen) atoms. The summed E-state index contributed by atoms with van der Waals surface area (Å²) in [5.74, 6) is -1.05. The minimum absolute atomic E-state index is 0.0733. The van der Waals surface area contributed by atoms with Crippen LogP contribution in [-0.2, 0) is 16.0 Å². The zero-order valence-electron chi connectivity index (χ0n) is 16.9. The molecule has 1 heterocycles. The Labute approximate surface area is 181 Å². The maximum absolute atomic E-state index is 12.5. The van der Waals surface area contributed by atoms with E-state index in [1.165, 1.54) is 0 Å². The first kappa shape index (κ1) is 21.5. The van der Waals surface area contributed by atoms with Gasteiger partial charge in [0.05, 0.1) is 11.6 Å². The monoisotopic (exact) mass is 422 g/mol. The molecule has 5 nitrogen and oxygen atoms in total. The minimum atomic E-state index is -0.667. The number of pyridine rings is 1. The van der Waals surface area contributed by atoms with E-state index in [9.17, 15) is 9.59 Å². The van der Waals surface area contributed by atoms with Crippen LogP contribution in [0.15, 0.2) is 66.7 Å². The Kier molecular flexibility index (Phi) is 7.20. The number of halogens is 1. The van der Waals surface area contributed by atoms with Gasteiger partial charge in [0.1, 0.15) is 5.15 Å². The molecule has 0 fully saturated rings. The predicted octanol–water partition coefficient (Wildman–Crippen LogP) is 4.61. The van der Waals surface area contributed by atoms with E-state index >= 15 is 0 Å². The number of aryl methyl sites for hydroxylation is 2. The average molecular weight is 423 g/mol. The van der Waals surface area contributed by atoms with Gasteiger partial charge in [-0.25, -0.2) is 9.78 Å². The van der Waals surface area contributed by atoms with E-state index in [4.69, 9.17) is 16.3 Å². The zero-order chi connectivity index (χ0) is 21.5. The molecule has 0 unspecified atom stereocenters. The number of hydrogen-bond donors (Lipinski definition) is 1. The maximum Gasteiger partial charge on any atom is 0.342 e. The van der Waals surface area contributed by atoms with Crippen molar-refractivity contribution in [3.63, 3.8) is 0 Å². The van der Waals surface area contributed by atoms with Crippen molar-refractivity contribution in [1.29, 1.82) is 0 Å². The van der Waals surface area contributed by atoms with Gasteiger partial charge in [-0.15, -0.1) is 0 Å². The molecular formula is C24H23ClN2O3. The number of benzene rings is 2. The van der Waals surface area contributed by atoms with Crippen LogP contribution in [0.1, 0.15) is 38.8 Å². The number of aromatic nitrogens is 1. The third kappa shape index (κ3) is 5.67. The molecule has 2 aromatic carbocycles. The lowest BCUT2D eigenvalue weighted by atomic mass is 9.99. The number of hydrogen-bond acceptors (Lipinski definition) is 4. The van der Waals surface area contributed by atoms with Crippen LogP contribution in [-0.4, -0.2) is 23.5 Å². The lowest BCUT2D eigenvalue weighted by Crippen LogP contribution is -2.33. The number of amides is 1. The van der Waals surface area contributed by atoms with Gasteiger partial charge >= 0.3 is 5.97 Å². The average Bonchev–Trinajstić information content (AvgIpc) is 2.72. The fraction of sp³-hybridized carbons (Fsp3) is 0.208. The van der Waals surface area contributed by atoms with Crippen LogP contribution in [0.4, 0.5) is 0 Å². The number of carbonyl (C=O) groups excluding carboxylic acids is 2. The van der Waals surface area contributed by atoms with Crippen LogP contribution in [0.25, 0.3) is 0 Å². The molecule has 3 rings (SSSR count). The van der Waals surface area contributed by atoms with Crippen LogP contribution >= 0.6 is 11.6 Å². The first-order valence-corrected chi connectivity index (χ1v) is 10.0. The summed E-state index contributed by atoms with van der Waals surface area (Å²) in [5, 5.41) is 3.04. The molecule has 0 saturated heterocycles. The van der Waals surface area contributed by atoms with Crippen LogP contribution in [0.3, 0.4) is 0 Å². The van der Waals surface area contributed by atoms with E-state index in [1.807, 2.05) is 60.7 Å². The molecule has 0 aliphatic carbocycles. The molecule has 6 heteroatoms. The number of nitrogens with one attached hydrogen (secondary N) is 1. The van der Waals surface area contributed by atoms with Crippen molar-refractivity contribution in [1.82, 2.24) is 10.3 Å². The summed E-state index contributed by atoms with van der Waals surface area (Å²) in [5.41, 5.74) is 3.61. The van der Waals surface area contributed by atoms with Gasteiger partial charge < -0.3 is 10.1 Å². The molecule has 0 aliphatic rings. The number of nitrogens with zero attached hydrogens (tertiary/aromatic N) is 1. The van der Waals surface area contributed by atoms with E-state index in [2.05, 4.69) is 10.3 Å². The fourth-order valence-corrected chi connectivity index (χ4v) is 3.62. The van der Waals surface area contributed by atoms with Gasteiger partial charge in [-0.2, -0.15) is 0 Å². The second-order valence-electron chi connectivity index (χ2n) is 7.04. The largest absolute Gasteiger partial charge is 0.452 e. The maximum atomic E-state index is 12.5. The summed E-state index contributed by atoms with van der Waals surface area (Å²) in [7, 11) is 0. The van der Waals surface area contributed by atoms with E-state index < -0.39 is 12.6 Å². The number of carbonyl (C=O) groups is 2. The van der Waals surface area contributed by atoms with Crippen molar-refractivity contribution < 1.29 is 14.3 Å².